The van der Waals surface area contributed by atoms with Crippen molar-refractivity contribution in [2.75, 3.05) is 11.4 Å². The second-order valence-corrected chi connectivity index (χ2v) is 8.11. The van der Waals surface area contributed by atoms with E-state index in [1.165, 1.54) is 17.7 Å². The molecule has 0 saturated carbocycles. The van der Waals surface area contributed by atoms with Crippen LogP contribution in [-0.2, 0) is 0 Å². The van der Waals surface area contributed by atoms with Crippen LogP contribution in [0.2, 0.25) is 5.02 Å². The molecule has 0 bridgehead atoms. The molecule has 0 spiro atoms. The molecule has 2 aromatic rings. The van der Waals surface area contributed by atoms with Crippen molar-refractivity contribution in [1.82, 2.24) is 0 Å². The largest absolute Gasteiger partial charge is 0.366 e. The average molecular weight is 355 g/mol. The van der Waals surface area contributed by atoms with E-state index >= 15 is 0 Å². The van der Waals surface area contributed by atoms with Gasteiger partial charge in [-0.05, 0) is 81.0 Å². The summed E-state index contributed by atoms with van der Waals surface area (Å²) in [5.74, 6) is 0.550. The van der Waals surface area contributed by atoms with E-state index in [2.05, 4.69) is 62.7 Å². The number of aryl methyl sites for hydroxylation is 1. The molecule has 0 N–H and O–H groups in total. The van der Waals surface area contributed by atoms with E-state index in [4.69, 9.17) is 11.6 Å². The highest BCUT2D eigenvalue weighted by atomic mass is 35.5. The Morgan fingerprint density at radius 2 is 2.00 bits per heavy atom. The Bertz CT molecular complexity index is 808. The third-order valence-corrected chi connectivity index (χ3v) is 5.48. The van der Waals surface area contributed by atoms with Crippen molar-refractivity contribution in [2.45, 2.75) is 52.5 Å². The molecule has 1 atom stereocenters. The summed E-state index contributed by atoms with van der Waals surface area (Å²) in [5.41, 5.74) is 6.19. The Labute approximate surface area is 156 Å². The molecule has 1 heterocycles. The maximum Gasteiger partial charge on any atom is 0.0673 e. The Balaban J connectivity index is 1.95. The molecule has 0 saturated heterocycles. The monoisotopic (exact) mass is 354 g/mol. The highest BCUT2D eigenvalue weighted by molar-refractivity contribution is 6.30. The van der Waals surface area contributed by atoms with Gasteiger partial charge in [-0.3, -0.25) is 4.99 Å². The van der Waals surface area contributed by atoms with E-state index in [1.54, 1.807) is 0 Å². The molecule has 1 aliphatic rings. The van der Waals surface area contributed by atoms with Crippen LogP contribution < -0.4 is 4.90 Å². The van der Waals surface area contributed by atoms with E-state index in [9.17, 15) is 0 Å². The Morgan fingerprint density at radius 1 is 1.24 bits per heavy atom. The highest BCUT2D eigenvalue weighted by Gasteiger charge is 2.35. The van der Waals surface area contributed by atoms with Crippen molar-refractivity contribution >= 4 is 29.2 Å². The summed E-state index contributed by atoms with van der Waals surface area (Å²) in [6.45, 7) is 12.3. The fourth-order valence-electron chi connectivity index (χ4n) is 4.05. The minimum Gasteiger partial charge on any atom is -0.366 e. The molecule has 0 amide bonds. The van der Waals surface area contributed by atoms with Crippen molar-refractivity contribution < 1.29 is 0 Å². The maximum atomic E-state index is 6.09. The van der Waals surface area contributed by atoms with Crippen LogP contribution in [0.25, 0.3) is 0 Å². The summed E-state index contributed by atoms with van der Waals surface area (Å²) in [5, 5.41) is 0.720. The second kappa shape index (κ2) is 6.84. The smallest absolute Gasteiger partial charge is 0.0673 e. The molecule has 2 aromatic carbocycles. The number of hydrogen-bond donors (Lipinski definition) is 0. The van der Waals surface area contributed by atoms with Gasteiger partial charge in [-0.25, -0.2) is 0 Å². The summed E-state index contributed by atoms with van der Waals surface area (Å²) in [6, 6.07) is 12.5. The molecule has 3 heteroatoms. The zero-order valence-electron chi connectivity index (χ0n) is 15.8. The molecule has 0 aromatic heterocycles. The van der Waals surface area contributed by atoms with E-state index in [1.807, 2.05) is 24.4 Å². The third-order valence-electron chi connectivity index (χ3n) is 5.25. The topological polar surface area (TPSA) is 15.6 Å². The number of anilines is 1. The van der Waals surface area contributed by atoms with Gasteiger partial charge in [-0.2, -0.15) is 0 Å². The van der Waals surface area contributed by atoms with Gasteiger partial charge in [-0.1, -0.05) is 30.7 Å². The van der Waals surface area contributed by atoms with Crippen molar-refractivity contribution in [3.8, 4) is 0 Å². The van der Waals surface area contributed by atoms with Gasteiger partial charge in [0.05, 0.1) is 5.69 Å². The van der Waals surface area contributed by atoms with Crippen LogP contribution in [0.3, 0.4) is 0 Å². The fourth-order valence-corrected chi connectivity index (χ4v) is 4.22. The molecule has 1 unspecified atom stereocenters. The molecule has 0 fully saturated rings. The number of halogens is 1. The number of hydrogen-bond acceptors (Lipinski definition) is 2. The van der Waals surface area contributed by atoms with E-state index in [0.717, 1.165) is 28.4 Å². The first-order valence-corrected chi connectivity index (χ1v) is 9.41. The van der Waals surface area contributed by atoms with E-state index in [-0.39, 0.29) is 5.54 Å². The molecule has 1 aliphatic heterocycles. The number of rotatable bonds is 3. The van der Waals surface area contributed by atoms with Gasteiger partial charge in [0.15, 0.2) is 0 Å². The predicted molar refractivity (Wildman–Crippen MR) is 110 cm³/mol. The molecule has 2 nitrogen and oxygen atoms in total. The maximum absolute atomic E-state index is 6.09. The quantitative estimate of drug-likeness (QED) is 0.573. The lowest BCUT2D eigenvalue weighted by Gasteiger charge is -2.47. The molecular formula is C22H27ClN2. The van der Waals surface area contributed by atoms with Crippen molar-refractivity contribution in [3.05, 3.63) is 58.1 Å². The highest BCUT2D eigenvalue weighted by Crippen LogP contribution is 2.43. The normalized spacial score (nSPS) is 19.3. The minimum absolute atomic E-state index is 0.203. The van der Waals surface area contributed by atoms with Gasteiger partial charge in [0, 0.05) is 29.0 Å². The molecule has 3 rings (SSSR count). The summed E-state index contributed by atoms with van der Waals surface area (Å²) >= 11 is 6.09. The summed E-state index contributed by atoms with van der Waals surface area (Å²) in [6.07, 6.45) is 3.11. The van der Waals surface area contributed by atoms with Crippen LogP contribution in [0.5, 0.6) is 0 Å². The predicted octanol–water partition coefficient (Wildman–Crippen LogP) is 6.51. The Morgan fingerprint density at radius 3 is 2.72 bits per heavy atom. The Hall–Kier alpha value is -1.80. The number of benzene rings is 2. The SMILES string of the molecule is CCN1c2ccc(C=Nc3cc(Cl)ccc3C)cc2C(C)CC1(C)C. The zero-order chi connectivity index (χ0) is 18.2. The fraction of sp³-hybridized carbons (Fsp3) is 0.409. The molecule has 0 radical (unpaired) electrons. The average Bonchev–Trinajstić information content (AvgIpc) is 2.55. The van der Waals surface area contributed by atoms with Crippen LogP contribution in [0.4, 0.5) is 11.4 Å². The molecule has 25 heavy (non-hydrogen) atoms. The van der Waals surface area contributed by atoms with Crippen LogP contribution in [0.1, 0.15) is 56.7 Å². The summed E-state index contributed by atoms with van der Waals surface area (Å²) < 4.78 is 0. The van der Waals surface area contributed by atoms with Crippen LogP contribution in [-0.4, -0.2) is 18.3 Å². The number of fused-ring (bicyclic) bond motifs is 1. The van der Waals surface area contributed by atoms with Crippen LogP contribution in [0.15, 0.2) is 41.4 Å². The zero-order valence-corrected chi connectivity index (χ0v) is 16.6. The van der Waals surface area contributed by atoms with E-state index in [0.29, 0.717) is 5.92 Å². The third kappa shape index (κ3) is 3.59. The second-order valence-electron chi connectivity index (χ2n) is 7.67. The standard InChI is InChI=1S/C22H27ClN2/c1-6-25-21-10-8-17(11-19(21)16(3)13-22(25,4)5)14-24-20-12-18(23)9-7-15(20)2/h7-12,14,16H,6,13H2,1-5H3. The number of aliphatic imine (C=N–C) groups is 1. The van der Waals surface area contributed by atoms with E-state index < -0.39 is 0 Å². The first kappa shape index (κ1) is 18.0. The lowest BCUT2D eigenvalue weighted by molar-refractivity contribution is 0.381. The molecule has 132 valence electrons. The van der Waals surface area contributed by atoms with Crippen molar-refractivity contribution in [2.24, 2.45) is 4.99 Å². The van der Waals surface area contributed by atoms with Gasteiger partial charge in [0.2, 0.25) is 0 Å². The van der Waals surface area contributed by atoms with Gasteiger partial charge in [-0.15, -0.1) is 0 Å². The van der Waals surface area contributed by atoms with Gasteiger partial charge in [0.1, 0.15) is 0 Å². The lowest BCUT2D eigenvalue weighted by atomic mass is 9.79. The first-order valence-electron chi connectivity index (χ1n) is 9.03. The molecular weight excluding hydrogens is 328 g/mol. The molecule has 0 aliphatic carbocycles. The summed E-state index contributed by atoms with van der Waals surface area (Å²) in [4.78, 5) is 7.17. The van der Waals surface area contributed by atoms with Crippen molar-refractivity contribution in [1.29, 1.82) is 0 Å². The van der Waals surface area contributed by atoms with Crippen LogP contribution >= 0.6 is 11.6 Å². The van der Waals surface area contributed by atoms with Gasteiger partial charge in [0.25, 0.3) is 0 Å². The Kier molecular flexibility index (Phi) is 4.92. The lowest BCUT2D eigenvalue weighted by Crippen LogP contribution is -2.48. The van der Waals surface area contributed by atoms with Gasteiger partial charge >= 0.3 is 0 Å². The minimum atomic E-state index is 0.203. The van der Waals surface area contributed by atoms with Crippen LogP contribution in [0, 0.1) is 6.92 Å². The van der Waals surface area contributed by atoms with Crippen molar-refractivity contribution in [3.63, 3.8) is 0 Å². The number of nitrogens with zero attached hydrogens (tertiary/aromatic N) is 2. The van der Waals surface area contributed by atoms with Gasteiger partial charge < -0.3 is 4.90 Å². The summed E-state index contributed by atoms with van der Waals surface area (Å²) in [7, 11) is 0. The first-order chi connectivity index (χ1) is 11.8.